The first kappa shape index (κ1) is 17.1. The number of hydrogen-bond acceptors (Lipinski definition) is 3. The third kappa shape index (κ3) is 3.01. The number of fused-ring (bicyclic) bond motifs is 1. The molecular formula is C18H9F5N4. The van der Waals surface area contributed by atoms with E-state index in [0.29, 0.717) is 11.3 Å². The van der Waals surface area contributed by atoms with Gasteiger partial charge >= 0.3 is 6.18 Å². The average molecular weight is 376 g/mol. The molecule has 4 rings (SSSR count). The zero-order chi connectivity index (χ0) is 19.2. The molecule has 0 aliphatic carbocycles. The zero-order valence-corrected chi connectivity index (χ0v) is 13.4. The second kappa shape index (κ2) is 6.11. The first-order valence-electron chi connectivity index (χ1n) is 7.66. The van der Waals surface area contributed by atoms with Crippen LogP contribution >= 0.6 is 0 Å². The monoisotopic (exact) mass is 376 g/mol. The smallest absolute Gasteiger partial charge is 0.284 e. The van der Waals surface area contributed by atoms with Crippen LogP contribution in [0.25, 0.3) is 28.2 Å². The Morgan fingerprint density at radius 1 is 0.889 bits per heavy atom. The predicted molar refractivity (Wildman–Crippen MR) is 86.6 cm³/mol. The molecule has 0 atom stereocenters. The Morgan fingerprint density at radius 3 is 2.44 bits per heavy atom. The highest BCUT2D eigenvalue weighted by Crippen LogP contribution is 2.31. The van der Waals surface area contributed by atoms with E-state index >= 15 is 0 Å². The first-order valence-corrected chi connectivity index (χ1v) is 7.66. The largest absolute Gasteiger partial charge is 0.433 e. The average Bonchev–Trinajstić information content (AvgIpc) is 3.05. The third-order valence-electron chi connectivity index (χ3n) is 3.99. The van der Waals surface area contributed by atoms with Crippen molar-refractivity contribution < 1.29 is 22.0 Å². The fourth-order valence-electron chi connectivity index (χ4n) is 2.73. The van der Waals surface area contributed by atoms with Gasteiger partial charge in [-0.2, -0.15) is 13.2 Å². The molecule has 0 radical (unpaired) electrons. The Hall–Kier alpha value is -3.36. The van der Waals surface area contributed by atoms with E-state index in [0.717, 1.165) is 18.3 Å². The summed E-state index contributed by atoms with van der Waals surface area (Å²) >= 11 is 0. The Balaban J connectivity index is 1.85. The Kier molecular flexibility index (Phi) is 3.87. The standard InChI is InChI=1S/C18H9F5N4/c19-13-2-1-10(7-12(13)11-3-5-24-8-14(11)20)15-9-25-17-26-16(18(21,22)23)4-6-27(15)17/h1-9H. The molecule has 0 fully saturated rings. The number of halogens is 5. The molecule has 3 heterocycles. The zero-order valence-electron chi connectivity index (χ0n) is 13.4. The van der Waals surface area contributed by atoms with Gasteiger partial charge in [-0.05, 0) is 30.3 Å². The van der Waals surface area contributed by atoms with Crippen LogP contribution in [0.1, 0.15) is 5.69 Å². The molecule has 0 unspecified atom stereocenters. The predicted octanol–water partition coefficient (Wildman–Crippen LogP) is 4.76. The summed E-state index contributed by atoms with van der Waals surface area (Å²) in [7, 11) is 0. The Labute approximate surface area is 149 Å². The maximum Gasteiger partial charge on any atom is 0.433 e. The number of imidazole rings is 1. The molecule has 4 aromatic rings. The van der Waals surface area contributed by atoms with E-state index in [2.05, 4.69) is 15.0 Å². The van der Waals surface area contributed by atoms with E-state index in [1.54, 1.807) is 0 Å². The molecule has 0 N–H and O–H groups in total. The minimum atomic E-state index is -4.59. The van der Waals surface area contributed by atoms with Crippen molar-refractivity contribution in [3.05, 3.63) is 72.4 Å². The van der Waals surface area contributed by atoms with E-state index in [1.807, 2.05) is 0 Å². The van der Waals surface area contributed by atoms with Gasteiger partial charge in [-0.25, -0.2) is 18.7 Å². The van der Waals surface area contributed by atoms with Gasteiger partial charge in [0, 0.05) is 29.1 Å². The van der Waals surface area contributed by atoms with Crippen molar-refractivity contribution in [1.29, 1.82) is 0 Å². The molecule has 1 aromatic carbocycles. The molecule has 3 aromatic heterocycles. The van der Waals surface area contributed by atoms with Gasteiger partial charge in [0.05, 0.1) is 18.1 Å². The second-order valence-corrected chi connectivity index (χ2v) is 5.67. The van der Waals surface area contributed by atoms with Crippen LogP contribution in [0.3, 0.4) is 0 Å². The lowest BCUT2D eigenvalue weighted by atomic mass is 10.0. The van der Waals surface area contributed by atoms with Crippen molar-refractivity contribution in [3.8, 4) is 22.4 Å². The number of nitrogens with zero attached hydrogens (tertiary/aromatic N) is 4. The van der Waals surface area contributed by atoms with Crippen LogP contribution in [0.15, 0.2) is 55.1 Å². The molecular weight excluding hydrogens is 367 g/mol. The maximum absolute atomic E-state index is 14.2. The quantitative estimate of drug-likeness (QED) is 0.474. The molecule has 0 amide bonds. The lowest BCUT2D eigenvalue weighted by Gasteiger charge is -2.09. The Bertz CT molecular complexity index is 1150. The van der Waals surface area contributed by atoms with Crippen molar-refractivity contribution in [2.24, 2.45) is 0 Å². The van der Waals surface area contributed by atoms with Crippen molar-refractivity contribution in [1.82, 2.24) is 19.4 Å². The molecule has 0 spiro atoms. The minimum absolute atomic E-state index is 0.00206. The van der Waals surface area contributed by atoms with Gasteiger partial charge in [0.25, 0.3) is 0 Å². The maximum atomic E-state index is 14.2. The van der Waals surface area contributed by atoms with Crippen LogP contribution in [-0.2, 0) is 6.18 Å². The van der Waals surface area contributed by atoms with Gasteiger partial charge < -0.3 is 0 Å². The summed E-state index contributed by atoms with van der Waals surface area (Å²) in [5, 5.41) is 0. The highest BCUT2D eigenvalue weighted by molar-refractivity contribution is 5.73. The fraction of sp³-hybridized carbons (Fsp3) is 0.0556. The SMILES string of the molecule is Fc1cnccc1-c1cc(-c2cnc3nc(C(F)(F)F)ccn23)ccc1F. The number of benzene rings is 1. The molecule has 27 heavy (non-hydrogen) atoms. The Morgan fingerprint density at radius 2 is 1.70 bits per heavy atom. The number of hydrogen-bond donors (Lipinski definition) is 0. The summed E-state index contributed by atoms with van der Waals surface area (Å²) in [6, 6.07) is 6.14. The van der Waals surface area contributed by atoms with Crippen LogP contribution in [0.5, 0.6) is 0 Å². The molecule has 0 saturated heterocycles. The lowest BCUT2D eigenvalue weighted by molar-refractivity contribution is -0.141. The van der Waals surface area contributed by atoms with Gasteiger partial charge in [-0.15, -0.1) is 0 Å². The number of rotatable bonds is 2. The minimum Gasteiger partial charge on any atom is -0.284 e. The summed E-state index contributed by atoms with van der Waals surface area (Å²) in [5.41, 5.74) is -0.206. The van der Waals surface area contributed by atoms with Gasteiger partial charge in [0.2, 0.25) is 5.78 Å². The third-order valence-corrected chi connectivity index (χ3v) is 3.99. The molecule has 0 bridgehead atoms. The summed E-state index contributed by atoms with van der Waals surface area (Å²) in [6.45, 7) is 0. The van der Waals surface area contributed by atoms with Crippen molar-refractivity contribution in [2.75, 3.05) is 0 Å². The van der Waals surface area contributed by atoms with E-state index in [1.165, 1.54) is 41.2 Å². The molecule has 9 heteroatoms. The summed E-state index contributed by atoms with van der Waals surface area (Å²) in [6.07, 6.45) is 0.224. The number of pyridine rings is 1. The molecule has 4 nitrogen and oxygen atoms in total. The van der Waals surface area contributed by atoms with Crippen LogP contribution in [0, 0.1) is 11.6 Å². The lowest BCUT2D eigenvalue weighted by Crippen LogP contribution is -2.09. The van der Waals surface area contributed by atoms with E-state index in [-0.39, 0.29) is 16.9 Å². The molecule has 0 aliphatic heterocycles. The first-order chi connectivity index (χ1) is 12.8. The summed E-state index contributed by atoms with van der Waals surface area (Å²) in [5.74, 6) is -1.49. The highest BCUT2D eigenvalue weighted by atomic mass is 19.4. The van der Waals surface area contributed by atoms with Crippen LogP contribution in [0.4, 0.5) is 22.0 Å². The number of aromatic nitrogens is 4. The van der Waals surface area contributed by atoms with Gasteiger partial charge in [-0.3, -0.25) is 9.38 Å². The topological polar surface area (TPSA) is 43.1 Å². The summed E-state index contributed by atoms with van der Waals surface area (Å²) in [4.78, 5) is 11.0. The van der Waals surface area contributed by atoms with Crippen LogP contribution in [0.2, 0.25) is 0 Å². The van der Waals surface area contributed by atoms with Gasteiger partial charge in [0.15, 0.2) is 0 Å². The van der Waals surface area contributed by atoms with E-state index in [4.69, 9.17) is 0 Å². The van der Waals surface area contributed by atoms with Crippen molar-refractivity contribution in [2.45, 2.75) is 6.18 Å². The fourth-order valence-corrected chi connectivity index (χ4v) is 2.73. The van der Waals surface area contributed by atoms with E-state index in [9.17, 15) is 22.0 Å². The molecule has 0 saturated carbocycles. The van der Waals surface area contributed by atoms with Crippen LogP contribution < -0.4 is 0 Å². The van der Waals surface area contributed by atoms with Gasteiger partial charge in [-0.1, -0.05) is 0 Å². The normalized spacial score (nSPS) is 11.9. The van der Waals surface area contributed by atoms with Gasteiger partial charge in [0.1, 0.15) is 17.3 Å². The highest BCUT2D eigenvalue weighted by Gasteiger charge is 2.33. The summed E-state index contributed by atoms with van der Waals surface area (Å²) < 4.78 is 67.9. The molecule has 0 aliphatic rings. The van der Waals surface area contributed by atoms with Crippen molar-refractivity contribution >= 4 is 5.78 Å². The van der Waals surface area contributed by atoms with Crippen LogP contribution in [-0.4, -0.2) is 19.4 Å². The van der Waals surface area contributed by atoms with E-state index < -0.39 is 23.5 Å². The van der Waals surface area contributed by atoms with Crippen molar-refractivity contribution in [3.63, 3.8) is 0 Å². The second-order valence-electron chi connectivity index (χ2n) is 5.67. The molecule has 136 valence electrons. The number of alkyl halides is 3.